The first-order valence-electron chi connectivity index (χ1n) is 9.22. The largest absolute Gasteiger partial charge is 0.495 e. The minimum Gasteiger partial charge on any atom is -0.495 e. The Morgan fingerprint density at radius 2 is 1.90 bits per heavy atom. The quantitative estimate of drug-likeness (QED) is 0.527. The Bertz CT molecular complexity index is 960. The lowest BCUT2D eigenvalue weighted by molar-refractivity contribution is -0.0494. The highest BCUT2D eigenvalue weighted by molar-refractivity contribution is 6.39. The van der Waals surface area contributed by atoms with E-state index in [0.717, 1.165) is 5.57 Å². The van der Waals surface area contributed by atoms with Gasteiger partial charge in [0, 0.05) is 36.5 Å². The number of likely N-dealkylation sites (tertiary alicyclic amines) is 1. The number of ether oxygens (including phenoxy) is 2. The minimum atomic E-state index is -0.774. The number of β-amino-alcohol motifs (C(OH)–C–C–N with tert-alkyl or cyclic N) is 1. The lowest BCUT2D eigenvalue weighted by atomic mass is 9.93. The van der Waals surface area contributed by atoms with Gasteiger partial charge < -0.3 is 25.2 Å². The first-order valence-corrected chi connectivity index (χ1v) is 9.98. The number of methoxy groups -OCH3 is 2. The van der Waals surface area contributed by atoms with Crippen LogP contribution in [-0.4, -0.2) is 54.6 Å². The first-order chi connectivity index (χ1) is 14.2. The van der Waals surface area contributed by atoms with Crippen molar-refractivity contribution in [2.45, 2.75) is 18.9 Å². The number of benzene rings is 1. The normalized spacial score (nSPS) is 19.7. The summed E-state index contributed by atoms with van der Waals surface area (Å²) in [6.07, 6.45) is 5.55. The third kappa shape index (κ3) is 4.33. The average molecular weight is 451 g/mol. The SMILES string of the molecule is C=C/N=C(N)\C=C1/CC=C(c2c(Cl)c(OC)cc(OC)c2Cl)N=C1N1CC(C)(O)C1. The van der Waals surface area contributed by atoms with Gasteiger partial charge in [-0.1, -0.05) is 35.9 Å². The van der Waals surface area contributed by atoms with Crippen molar-refractivity contribution in [1.82, 2.24) is 4.90 Å². The Hall–Kier alpha value is -2.48. The van der Waals surface area contributed by atoms with Crippen LogP contribution in [0.2, 0.25) is 10.0 Å². The van der Waals surface area contributed by atoms with E-state index in [0.29, 0.717) is 64.0 Å². The van der Waals surface area contributed by atoms with Crippen LogP contribution in [0.25, 0.3) is 5.70 Å². The van der Waals surface area contributed by atoms with E-state index in [1.54, 1.807) is 19.1 Å². The van der Waals surface area contributed by atoms with Crippen LogP contribution in [0.5, 0.6) is 11.5 Å². The highest BCUT2D eigenvalue weighted by atomic mass is 35.5. The van der Waals surface area contributed by atoms with Crippen molar-refractivity contribution < 1.29 is 14.6 Å². The predicted molar refractivity (Wildman–Crippen MR) is 122 cm³/mol. The van der Waals surface area contributed by atoms with Crippen LogP contribution in [0.15, 0.2) is 46.6 Å². The second-order valence-corrected chi connectivity index (χ2v) is 8.03. The molecule has 0 atom stereocenters. The molecule has 1 aromatic rings. The number of hydrogen-bond acceptors (Lipinski definition) is 6. The van der Waals surface area contributed by atoms with Crippen LogP contribution in [0, 0.1) is 0 Å². The van der Waals surface area contributed by atoms with Crippen LogP contribution in [0.1, 0.15) is 18.9 Å². The Balaban J connectivity index is 2.10. The van der Waals surface area contributed by atoms with Crippen LogP contribution in [0.3, 0.4) is 0 Å². The molecule has 9 heteroatoms. The Morgan fingerprint density at radius 3 is 2.40 bits per heavy atom. The summed E-state index contributed by atoms with van der Waals surface area (Å²) >= 11 is 13.1. The second-order valence-electron chi connectivity index (χ2n) is 7.27. The number of aliphatic imine (C=N–C) groups is 2. The minimum absolute atomic E-state index is 0.316. The lowest BCUT2D eigenvalue weighted by Gasteiger charge is -2.46. The smallest absolute Gasteiger partial charge is 0.141 e. The van der Waals surface area contributed by atoms with Crippen molar-refractivity contribution in [3.8, 4) is 11.5 Å². The van der Waals surface area contributed by atoms with Crippen molar-refractivity contribution in [3.05, 3.63) is 52.2 Å². The van der Waals surface area contributed by atoms with Crippen molar-refractivity contribution >= 4 is 40.6 Å². The maximum Gasteiger partial charge on any atom is 0.141 e. The summed E-state index contributed by atoms with van der Waals surface area (Å²) in [5, 5.41) is 10.9. The van der Waals surface area contributed by atoms with Crippen LogP contribution >= 0.6 is 23.2 Å². The zero-order valence-electron chi connectivity index (χ0n) is 17.1. The third-order valence-corrected chi connectivity index (χ3v) is 5.53. The molecule has 30 heavy (non-hydrogen) atoms. The summed E-state index contributed by atoms with van der Waals surface area (Å²) in [6, 6.07) is 1.63. The van der Waals surface area contributed by atoms with Gasteiger partial charge in [-0.3, -0.25) is 0 Å². The molecule has 2 aliphatic heterocycles. The molecule has 0 radical (unpaired) electrons. The summed E-state index contributed by atoms with van der Waals surface area (Å²) in [4.78, 5) is 10.8. The number of nitrogens with two attached hydrogens (primary N) is 1. The van der Waals surface area contributed by atoms with E-state index < -0.39 is 5.60 Å². The summed E-state index contributed by atoms with van der Waals surface area (Å²) in [5.74, 6) is 1.86. The molecule has 0 aromatic heterocycles. The van der Waals surface area contributed by atoms with Crippen molar-refractivity contribution in [2.24, 2.45) is 15.7 Å². The lowest BCUT2D eigenvalue weighted by Crippen LogP contribution is -2.62. The molecule has 3 N–H and O–H groups in total. The monoisotopic (exact) mass is 450 g/mol. The van der Waals surface area contributed by atoms with Crippen molar-refractivity contribution in [2.75, 3.05) is 27.3 Å². The van der Waals surface area contributed by atoms with Gasteiger partial charge in [0.1, 0.15) is 23.2 Å². The molecular weight excluding hydrogens is 427 g/mol. The molecule has 1 saturated heterocycles. The van der Waals surface area contributed by atoms with Gasteiger partial charge >= 0.3 is 0 Å². The number of nitrogens with zero attached hydrogens (tertiary/aromatic N) is 3. The molecule has 2 heterocycles. The standard InChI is InChI=1S/C21H24Cl2N4O3/c1-5-25-16(24)8-12-6-7-13(26-20(12)27-10-21(2,28)11-27)17-18(22)14(29-3)9-15(30-4)19(17)23/h5,7-9,28H,1,6,10-11H2,2-4H3,(H2,24,25)/b12-8+. The molecule has 0 saturated carbocycles. The molecule has 0 bridgehead atoms. The second kappa shape index (κ2) is 8.71. The van der Waals surface area contributed by atoms with Crippen LogP contribution in [-0.2, 0) is 0 Å². The maximum atomic E-state index is 10.2. The number of amidine groups is 2. The molecule has 1 aromatic carbocycles. The average Bonchev–Trinajstić information content (AvgIpc) is 2.67. The van der Waals surface area contributed by atoms with Gasteiger partial charge in [0.05, 0.1) is 35.6 Å². The van der Waals surface area contributed by atoms with Crippen LogP contribution in [0.4, 0.5) is 0 Å². The topological polar surface area (TPSA) is 92.7 Å². The first kappa shape index (κ1) is 22.2. The van der Waals surface area contributed by atoms with E-state index >= 15 is 0 Å². The molecule has 3 rings (SSSR count). The molecule has 1 fully saturated rings. The molecule has 0 amide bonds. The third-order valence-electron chi connectivity index (χ3n) is 4.78. The molecule has 2 aliphatic rings. The van der Waals surface area contributed by atoms with Gasteiger partial charge in [-0.25, -0.2) is 9.98 Å². The number of allylic oxidation sites excluding steroid dienone is 1. The van der Waals surface area contributed by atoms with Crippen molar-refractivity contribution in [1.29, 1.82) is 0 Å². The van der Waals surface area contributed by atoms with E-state index in [1.165, 1.54) is 20.4 Å². The van der Waals surface area contributed by atoms with Gasteiger partial charge in [-0.15, -0.1) is 0 Å². The van der Waals surface area contributed by atoms with Gasteiger partial charge in [0.15, 0.2) is 0 Å². The molecule has 0 spiro atoms. The van der Waals surface area contributed by atoms with E-state index in [2.05, 4.69) is 11.6 Å². The summed E-state index contributed by atoms with van der Waals surface area (Å²) in [6.45, 7) is 6.23. The van der Waals surface area contributed by atoms with E-state index in [-0.39, 0.29) is 0 Å². The zero-order valence-corrected chi connectivity index (χ0v) is 18.6. The zero-order chi connectivity index (χ0) is 22.1. The Labute approximate surface area is 185 Å². The van der Waals surface area contributed by atoms with E-state index in [9.17, 15) is 5.11 Å². The number of rotatable bonds is 5. The predicted octanol–water partition coefficient (Wildman–Crippen LogP) is 3.65. The summed E-state index contributed by atoms with van der Waals surface area (Å²) in [5.41, 5.74) is 7.13. The van der Waals surface area contributed by atoms with Crippen LogP contribution < -0.4 is 15.2 Å². The Morgan fingerprint density at radius 1 is 1.30 bits per heavy atom. The van der Waals surface area contributed by atoms with E-state index in [1.807, 2.05) is 11.0 Å². The molecule has 7 nitrogen and oxygen atoms in total. The fraction of sp³-hybridized carbons (Fsp3) is 0.333. The van der Waals surface area contributed by atoms with Crippen molar-refractivity contribution in [3.63, 3.8) is 0 Å². The fourth-order valence-electron chi connectivity index (χ4n) is 3.44. The molecule has 0 unspecified atom stereocenters. The number of hydrogen-bond donors (Lipinski definition) is 2. The molecular formula is C21H24Cl2N4O3. The Kier molecular flexibility index (Phi) is 6.45. The van der Waals surface area contributed by atoms with Gasteiger partial charge in [0.25, 0.3) is 0 Å². The molecule has 160 valence electrons. The highest BCUT2D eigenvalue weighted by Gasteiger charge is 2.40. The maximum absolute atomic E-state index is 10.2. The fourth-order valence-corrected chi connectivity index (χ4v) is 4.14. The van der Waals surface area contributed by atoms with Gasteiger partial charge in [-0.2, -0.15) is 0 Å². The molecule has 0 aliphatic carbocycles. The summed E-state index contributed by atoms with van der Waals surface area (Å²) < 4.78 is 10.7. The number of aliphatic hydroxyl groups is 1. The van der Waals surface area contributed by atoms with E-state index in [4.69, 9.17) is 43.4 Å². The summed E-state index contributed by atoms with van der Waals surface area (Å²) in [7, 11) is 3.04. The van der Waals surface area contributed by atoms with Gasteiger partial charge in [0.2, 0.25) is 0 Å². The number of halogens is 2. The van der Waals surface area contributed by atoms with Gasteiger partial charge in [-0.05, 0) is 19.4 Å². The highest BCUT2D eigenvalue weighted by Crippen LogP contribution is 2.45.